The van der Waals surface area contributed by atoms with Gasteiger partial charge in [0, 0.05) is 20.6 Å². The molecular weight excluding hydrogens is 271 g/mol. The topological polar surface area (TPSA) is 80.0 Å². The molecule has 0 unspecified atom stereocenters. The molecule has 0 bridgehead atoms. The van der Waals surface area contributed by atoms with Crippen molar-refractivity contribution in [1.82, 2.24) is 15.0 Å². The number of aryl methyl sites for hydroxylation is 1. The number of aromatic nitrogens is 3. The van der Waals surface area contributed by atoms with Crippen molar-refractivity contribution < 1.29 is 4.39 Å². The summed E-state index contributed by atoms with van der Waals surface area (Å²) in [6, 6.07) is 4.78. The van der Waals surface area contributed by atoms with Crippen molar-refractivity contribution in [2.45, 2.75) is 13.3 Å². The first kappa shape index (κ1) is 15.0. The molecule has 1 aromatic heterocycles. The molecule has 0 atom stereocenters. The van der Waals surface area contributed by atoms with E-state index in [-0.39, 0.29) is 11.8 Å². The lowest BCUT2D eigenvalue weighted by molar-refractivity contribution is 0.625. The first-order valence-corrected chi connectivity index (χ1v) is 6.63. The summed E-state index contributed by atoms with van der Waals surface area (Å²) in [5, 5.41) is 3.11. The van der Waals surface area contributed by atoms with Crippen LogP contribution in [0.3, 0.4) is 0 Å². The number of hydrogen-bond donors (Lipinski definition) is 2. The highest BCUT2D eigenvalue weighted by atomic mass is 19.1. The summed E-state index contributed by atoms with van der Waals surface area (Å²) >= 11 is 0. The van der Waals surface area contributed by atoms with Gasteiger partial charge < -0.3 is 16.0 Å². The normalized spacial score (nSPS) is 10.5. The zero-order chi connectivity index (χ0) is 15.4. The van der Waals surface area contributed by atoms with Crippen LogP contribution in [0.25, 0.3) is 0 Å². The molecule has 1 heterocycles. The lowest BCUT2D eigenvalue weighted by Gasteiger charge is -2.12. The van der Waals surface area contributed by atoms with Crippen LogP contribution >= 0.6 is 0 Å². The van der Waals surface area contributed by atoms with Gasteiger partial charge in [-0.15, -0.1) is 0 Å². The van der Waals surface area contributed by atoms with Crippen molar-refractivity contribution in [3.63, 3.8) is 0 Å². The Morgan fingerprint density at radius 2 is 2.00 bits per heavy atom. The minimum Gasteiger partial charge on any atom is -0.368 e. The first-order valence-electron chi connectivity index (χ1n) is 6.63. The van der Waals surface area contributed by atoms with Gasteiger partial charge in [-0.1, -0.05) is 6.07 Å². The molecule has 0 spiro atoms. The third kappa shape index (κ3) is 4.01. The largest absolute Gasteiger partial charge is 0.368 e. The number of rotatable bonds is 5. The molecule has 6 nitrogen and oxygen atoms in total. The van der Waals surface area contributed by atoms with Crippen LogP contribution in [0.5, 0.6) is 0 Å². The monoisotopic (exact) mass is 290 g/mol. The molecule has 0 aliphatic carbocycles. The summed E-state index contributed by atoms with van der Waals surface area (Å²) < 4.78 is 13.0. The van der Waals surface area contributed by atoms with E-state index in [9.17, 15) is 4.39 Å². The number of nitrogens with two attached hydrogens (primary N) is 1. The minimum absolute atomic E-state index is 0.175. The maximum Gasteiger partial charge on any atom is 0.231 e. The van der Waals surface area contributed by atoms with E-state index in [2.05, 4.69) is 20.3 Å². The maximum absolute atomic E-state index is 13.0. The van der Waals surface area contributed by atoms with Gasteiger partial charge in [-0.05, 0) is 36.6 Å². The quantitative estimate of drug-likeness (QED) is 0.871. The summed E-state index contributed by atoms with van der Waals surface area (Å²) in [6.45, 7) is 2.52. The van der Waals surface area contributed by atoms with Gasteiger partial charge in [0.25, 0.3) is 0 Å². The summed E-state index contributed by atoms with van der Waals surface area (Å²) in [5.74, 6) is 0.896. The predicted molar refractivity (Wildman–Crippen MR) is 81.9 cm³/mol. The Morgan fingerprint density at radius 3 is 2.67 bits per heavy atom. The average molecular weight is 290 g/mol. The standard InChI is InChI=1S/C14H19FN6/c1-9-8-11(15)5-4-10(9)6-7-17-13-18-12(16)19-14(20-13)21(2)3/h4-5,8H,6-7H2,1-3H3,(H3,16,17,18,19,20). The molecule has 0 saturated carbocycles. The van der Waals surface area contributed by atoms with Gasteiger partial charge in [0.2, 0.25) is 17.8 Å². The first-order chi connectivity index (χ1) is 9.95. The smallest absolute Gasteiger partial charge is 0.231 e. The number of hydrogen-bond acceptors (Lipinski definition) is 6. The van der Waals surface area contributed by atoms with Gasteiger partial charge in [-0.3, -0.25) is 0 Å². The van der Waals surface area contributed by atoms with Gasteiger partial charge >= 0.3 is 0 Å². The molecule has 0 fully saturated rings. The lowest BCUT2D eigenvalue weighted by Crippen LogP contribution is -2.17. The van der Waals surface area contributed by atoms with E-state index < -0.39 is 0 Å². The molecule has 21 heavy (non-hydrogen) atoms. The van der Waals surface area contributed by atoms with Crippen molar-refractivity contribution >= 4 is 17.8 Å². The molecule has 0 amide bonds. The number of nitrogens with one attached hydrogen (secondary N) is 1. The van der Waals surface area contributed by atoms with Crippen LogP contribution in [-0.4, -0.2) is 35.6 Å². The highest BCUT2D eigenvalue weighted by Crippen LogP contribution is 2.12. The molecule has 7 heteroatoms. The molecule has 3 N–H and O–H groups in total. The Labute approximate surface area is 123 Å². The van der Waals surface area contributed by atoms with Crippen LogP contribution in [-0.2, 0) is 6.42 Å². The molecule has 112 valence electrons. The van der Waals surface area contributed by atoms with Crippen LogP contribution < -0.4 is 16.0 Å². The third-order valence-corrected chi connectivity index (χ3v) is 3.02. The van der Waals surface area contributed by atoms with E-state index in [4.69, 9.17) is 5.73 Å². The second-order valence-corrected chi connectivity index (χ2v) is 4.96. The minimum atomic E-state index is -0.218. The fourth-order valence-corrected chi connectivity index (χ4v) is 1.91. The van der Waals surface area contributed by atoms with Crippen molar-refractivity contribution in [1.29, 1.82) is 0 Å². The highest BCUT2D eigenvalue weighted by molar-refractivity contribution is 5.41. The molecule has 0 aliphatic heterocycles. The number of benzene rings is 1. The molecular formula is C14H19FN6. The summed E-state index contributed by atoms with van der Waals surface area (Å²) in [7, 11) is 3.67. The zero-order valence-electron chi connectivity index (χ0n) is 12.4. The van der Waals surface area contributed by atoms with Crippen molar-refractivity contribution in [2.75, 3.05) is 36.6 Å². The molecule has 0 saturated heterocycles. The zero-order valence-corrected chi connectivity index (χ0v) is 12.4. The van der Waals surface area contributed by atoms with Crippen LogP contribution in [0.4, 0.5) is 22.2 Å². The van der Waals surface area contributed by atoms with Crippen LogP contribution in [0.1, 0.15) is 11.1 Å². The van der Waals surface area contributed by atoms with Crippen LogP contribution in [0.2, 0.25) is 0 Å². The fraction of sp³-hybridized carbons (Fsp3) is 0.357. The van der Waals surface area contributed by atoms with E-state index in [1.54, 1.807) is 11.0 Å². The number of nitrogen functional groups attached to an aromatic ring is 1. The van der Waals surface area contributed by atoms with Gasteiger partial charge in [0.1, 0.15) is 5.82 Å². The third-order valence-electron chi connectivity index (χ3n) is 3.02. The fourth-order valence-electron chi connectivity index (χ4n) is 1.91. The average Bonchev–Trinajstić information content (AvgIpc) is 2.40. The molecule has 1 aromatic carbocycles. The number of anilines is 3. The number of nitrogens with zero attached hydrogens (tertiary/aromatic N) is 4. The second kappa shape index (κ2) is 6.34. The van der Waals surface area contributed by atoms with Crippen molar-refractivity contribution in [3.05, 3.63) is 35.1 Å². The Balaban J connectivity index is 2.00. The molecule has 0 radical (unpaired) electrons. The van der Waals surface area contributed by atoms with Crippen LogP contribution in [0, 0.1) is 12.7 Å². The maximum atomic E-state index is 13.0. The van der Waals surface area contributed by atoms with E-state index in [1.807, 2.05) is 21.0 Å². The van der Waals surface area contributed by atoms with Gasteiger partial charge in [-0.2, -0.15) is 15.0 Å². The van der Waals surface area contributed by atoms with Crippen molar-refractivity contribution in [3.8, 4) is 0 Å². The molecule has 2 aromatic rings. The Bertz CT molecular complexity index is 629. The van der Waals surface area contributed by atoms with Gasteiger partial charge in [0.15, 0.2) is 0 Å². The summed E-state index contributed by atoms with van der Waals surface area (Å²) in [5.41, 5.74) is 7.66. The van der Waals surface area contributed by atoms with Crippen molar-refractivity contribution in [2.24, 2.45) is 0 Å². The second-order valence-electron chi connectivity index (χ2n) is 4.96. The van der Waals surface area contributed by atoms with E-state index in [0.29, 0.717) is 18.4 Å². The summed E-state index contributed by atoms with van der Waals surface area (Å²) in [4.78, 5) is 14.1. The summed E-state index contributed by atoms with van der Waals surface area (Å²) in [6.07, 6.45) is 0.745. The lowest BCUT2D eigenvalue weighted by atomic mass is 10.1. The van der Waals surface area contributed by atoms with Gasteiger partial charge in [-0.25, -0.2) is 4.39 Å². The van der Waals surface area contributed by atoms with Gasteiger partial charge in [0.05, 0.1) is 0 Å². The molecule has 2 rings (SSSR count). The number of halogens is 1. The Hall–Kier alpha value is -2.44. The van der Waals surface area contributed by atoms with E-state index in [1.165, 1.54) is 12.1 Å². The Kier molecular flexibility index (Phi) is 4.52. The molecule has 0 aliphatic rings. The Morgan fingerprint density at radius 1 is 1.24 bits per heavy atom. The van der Waals surface area contributed by atoms with Crippen LogP contribution in [0.15, 0.2) is 18.2 Å². The predicted octanol–water partition coefficient (Wildman–Crippen LogP) is 1.62. The van der Waals surface area contributed by atoms with E-state index >= 15 is 0 Å². The highest BCUT2D eigenvalue weighted by Gasteiger charge is 2.06. The SMILES string of the molecule is Cc1cc(F)ccc1CCNc1nc(N)nc(N(C)C)n1. The van der Waals surface area contributed by atoms with E-state index in [0.717, 1.165) is 17.5 Å².